The average Bonchev–Trinajstić information content (AvgIpc) is 3.40. The molecular weight excluding hydrogens is 536 g/mol. The number of aliphatic imine (C=N–C) groups is 1. The maximum Gasteiger partial charge on any atom is 0.252 e. The first-order valence-electron chi connectivity index (χ1n) is 13.5. The van der Waals surface area contributed by atoms with Crippen molar-refractivity contribution < 1.29 is 19.1 Å². The minimum Gasteiger partial charge on any atom is -0.379 e. The van der Waals surface area contributed by atoms with E-state index >= 15 is 0 Å². The summed E-state index contributed by atoms with van der Waals surface area (Å²) in [4.78, 5) is 31.0. The SMILES string of the molecule is CNC(=O)c1ccccc1Sc1ccc2c(c1)CN=C2C#Cc1ccc(NC(=O)CCCOCCOCCN)cc1. The maximum atomic E-state index is 12.2. The van der Waals surface area contributed by atoms with Gasteiger partial charge in [0.15, 0.2) is 0 Å². The normalized spacial score (nSPS) is 11.7. The summed E-state index contributed by atoms with van der Waals surface area (Å²) in [5.74, 6) is 6.21. The Hall–Kier alpha value is -3.94. The zero-order valence-electron chi connectivity index (χ0n) is 23.1. The van der Waals surface area contributed by atoms with Crippen molar-refractivity contribution in [2.45, 2.75) is 29.2 Å². The molecule has 0 saturated heterocycles. The van der Waals surface area contributed by atoms with Crippen LogP contribution in [0.3, 0.4) is 0 Å². The van der Waals surface area contributed by atoms with Gasteiger partial charge in [0.2, 0.25) is 5.91 Å². The summed E-state index contributed by atoms with van der Waals surface area (Å²) in [5.41, 5.74) is 10.5. The lowest BCUT2D eigenvalue weighted by molar-refractivity contribution is -0.116. The van der Waals surface area contributed by atoms with Crippen LogP contribution in [0.25, 0.3) is 0 Å². The number of anilines is 1. The molecule has 0 saturated carbocycles. The summed E-state index contributed by atoms with van der Waals surface area (Å²) >= 11 is 1.56. The minimum absolute atomic E-state index is 0.0571. The van der Waals surface area contributed by atoms with Gasteiger partial charge in [-0.1, -0.05) is 35.9 Å². The van der Waals surface area contributed by atoms with Crippen LogP contribution in [0, 0.1) is 11.8 Å². The van der Waals surface area contributed by atoms with Gasteiger partial charge in [0, 0.05) is 53.2 Å². The fraction of sp³-hybridized carbons (Fsp3) is 0.281. The summed E-state index contributed by atoms with van der Waals surface area (Å²) in [5, 5.41) is 5.60. The Morgan fingerprint density at radius 2 is 1.76 bits per heavy atom. The molecule has 0 spiro atoms. The molecule has 0 atom stereocenters. The molecule has 4 rings (SSSR count). The van der Waals surface area contributed by atoms with Crippen LogP contribution in [0.5, 0.6) is 0 Å². The number of nitrogens with one attached hydrogen (secondary N) is 2. The van der Waals surface area contributed by atoms with Crippen LogP contribution < -0.4 is 16.4 Å². The third kappa shape index (κ3) is 9.03. The zero-order chi connectivity index (χ0) is 28.9. The van der Waals surface area contributed by atoms with E-state index in [9.17, 15) is 9.59 Å². The molecule has 0 aromatic heterocycles. The Balaban J connectivity index is 1.27. The molecular formula is C32H34N4O4S. The lowest BCUT2D eigenvalue weighted by Gasteiger charge is -2.09. The van der Waals surface area contributed by atoms with Crippen molar-refractivity contribution in [2.75, 3.05) is 45.3 Å². The highest BCUT2D eigenvalue weighted by atomic mass is 32.2. The van der Waals surface area contributed by atoms with Gasteiger partial charge in [0.25, 0.3) is 5.91 Å². The van der Waals surface area contributed by atoms with Gasteiger partial charge in [0.05, 0.1) is 31.9 Å². The van der Waals surface area contributed by atoms with E-state index in [0.717, 1.165) is 37.9 Å². The summed E-state index contributed by atoms with van der Waals surface area (Å²) in [6, 6.07) is 21.2. The number of hydrogen-bond acceptors (Lipinski definition) is 7. The van der Waals surface area contributed by atoms with E-state index in [4.69, 9.17) is 15.2 Å². The van der Waals surface area contributed by atoms with Crippen LogP contribution in [-0.2, 0) is 20.8 Å². The quantitative estimate of drug-likeness (QED) is 0.209. The van der Waals surface area contributed by atoms with Gasteiger partial charge in [0.1, 0.15) is 5.71 Å². The van der Waals surface area contributed by atoms with Crippen molar-refractivity contribution >= 4 is 35.0 Å². The highest BCUT2D eigenvalue weighted by molar-refractivity contribution is 7.99. The Morgan fingerprint density at radius 1 is 0.976 bits per heavy atom. The first-order valence-corrected chi connectivity index (χ1v) is 14.3. The Bertz CT molecular complexity index is 1440. The van der Waals surface area contributed by atoms with Crippen LogP contribution in [0.1, 0.15) is 39.9 Å². The predicted octanol–water partition coefficient (Wildman–Crippen LogP) is 4.26. The summed E-state index contributed by atoms with van der Waals surface area (Å²) in [6.45, 7) is 3.11. The molecule has 2 amide bonds. The Morgan fingerprint density at radius 3 is 2.54 bits per heavy atom. The van der Waals surface area contributed by atoms with Crippen molar-refractivity contribution in [1.29, 1.82) is 0 Å². The Labute approximate surface area is 245 Å². The van der Waals surface area contributed by atoms with Crippen molar-refractivity contribution in [3.8, 4) is 11.8 Å². The number of nitrogens with two attached hydrogens (primary N) is 1. The van der Waals surface area contributed by atoms with E-state index in [-0.39, 0.29) is 11.8 Å². The second-order valence-electron chi connectivity index (χ2n) is 9.15. The van der Waals surface area contributed by atoms with Gasteiger partial charge in [-0.2, -0.15) is 0 Å². The number of ether oxygens (including phenoxy) is 2. The van der Waals surface area contributed by atoms with Crippen molar-refractivity contribution in [2.24, 2.45) is 10.7 Å². The fourth-order valence-electron chi connectivity index (χ4n) is 4.09. The fourth-order valence-corrected chi connectivity index (χ4v) is 5.10. The van der Waals surface area contributed by atoms with Gasteiger partial charge in [-0.05, 0) is 66.4 Å². The third-order valence-corrected chi connectivity index (χ3v) is 7.21. The lowest BCUT2D eigenvalue weighted by atomic mass is 10.1. The number of amides is 2. The monoisotopic (exact) mass is 570 g/mol. The van der Waals surface area contributed by atoms with Crippen LogP contribution >= 0.6 is 11.8 Å². The topological polar surface area (TPSA) is 115 Å². The number of rotatable bonds is 13. The molecule has 41 heavy (non-hydrogen) atoms. The van der Waals surface area contributed by atoms with Gasteiger partial charge >= 0.3 is 0 Å². The maximum absolute atomic E-state index is 12.2. The minimum atomic E-state index is -0.104. The molecule has 1 aliphatic rings. The predicted molar refractivity (Wildman–Crippen MR) is 163 cm³/mol. The van der Waals surface area contributed by atoms with E-state index in [2.05, 4.69) is 33.5 Å². The number of carbonyl (C=O) groups is 2. The number of benzene rings is 3. The smallest absolute Gasteiger partial charge is 0.252 e. The zero-order valence-corrected chi connectivity index (χ0v) is 23.9. The van der Waals surface area contributed by atoms with Crippen molar-refractivity contribution in [3.63, 3.8) is 0 Å². The molecule has 3 aromatic rings. The van der Waals surface area contributed by atoms with Gasteiger partial charge in [-0.15, -0.1) is 0 Å². The largest absolute Gasteiger partial charge is 0.379 e. The third-order valence-electron chi connectivity index (χ3n) is 6.15. The summed E-state index contributed by atoms with van der Waals surface area (Å²) in [6.07, 6.45) is 1.02. The first kappa shape index (κ1) is 30.0. The lowest BCUT2D eigenvalue weighted by Crippen LogP contribution is -2.18. The van der Waals surface area contributed by atoms with Crippen LogP contribution in [0.2, 0.25) is 0 Å². The molecule has 3 aromatic carbocycles. The highest BCUT2D eigenvalue weighted by Gasteiger charge is 2.16. The number of hydrogen-bond donors (Lipinski definition) is 3. The molecule has 0 aliphatic carbocycles. The van der Waals surface area contributed by atoms with E-state index in [1.165, 1.54) is 0 Å². The Kier molecular flexibility index (Phi) is 11.5. The molecule has 8 nitrogen and oxygen atoms in total. The van der Waals surface area contributed by atoms with Crippen molar-refractivity contribution in [1.82, 2.24) is 5.32 Å². The molecule has 1 heterocycles. The molecule has 0 unspecified atom stereocenters. The second-order valence-corrected chi connectivity index (χ2v) is 10.3. The molecule has 9 heteroatoms. The van der Waals surface area contributed by atoms with Gasteiger partial charge in [-0.3, -0.25) is 14.6 Å². The van der Waals surface area contributed by atoms with E-state index < -0.39 is 0 Å². The number of carbonyl (C=O) groups excluding carboxylic acids is 2. The van der Waals surface area contributed by atoms with Gasteiger partial charge in [-0.25, -0.2) is 0 Å². The molecule has 1 aliphatic heterocycles. The van der Waals surface area contributed by atoms with Crippen LogP contribution in [0.15, 0.2) is 81.5 Å². The number of nitrogens with zero attached hydrogens (tertiary/aromatic N) is 1. The van der Waals surface area contributed by atoms with Gasteiger partial charge < -0.3 is 25.8 Å². The first-order chi connectivity index (χ1) is 20.1. The molecule has 212 valence electrons. The molecule has 4 N–H and O–H groups in total. The summed E-state index contributed by atoms with van der Waals surface area (Å²) in [7, 11) is 1.63. The van der Waals surface area contributed by atoms with E-state index in [1.54, 1.807) is 18.8 Å². The van der Waals surface area contributed by atoms with Crippen molar-refractivity contribution in [3.05, 3.63) is 89.0 Å². The summed E-state index contributed by atoms with van der Waals surface area (Å²) < 4.78 is 10.7. The number of fused-ring (bicyclic) bond motifs is 1. The van der Waals surface area contributed by atoms with Crippen LogP contribution in [-0.4, -0.2) is 57.5 Å². The molecule has 0 radical (unpaired) electrons. The molecule has 0 fully saturated rings. The standard InChI is InChI=1S/C32H34N4O4S/c1-34-32(38)28-5-2-3-6-30(28)41-26-13-14-27-24(21-26)22-35-29(27)15-10-23-8-11-25(12-9-23)36-31(37)7-4-17-39-19-20-40-18-16-33/h2-3,5-6,8-9,11-14,21H,4,7,16-20,22,33H2,1H3,(H,34,38)(H,36,37). The van der Waals surface area contributed by atoms with E-state index in [1.807, 2.05) is 60.7 Å². The van der Waals surface area contributed by atoms with Crippen LogP contribution in [0.4, 0.5) is 5.69 Å². The molecule has 0 bridgehead atoms. The van der Waals surface area contributed by atoms with E-state index in [0.29, 0.717) is 57.9 Å². The highest BCUT2D eigenvalue weighted by Crippen LogP contribution is 2.33. The average molecular weight is 571 g/mol. The second kappa shape index (κ2) is 15.7.